The van der Waals surface area contributed by atoms with Crippen LogP contribution in [0.25, 0.3) is 0 Å². The van der Waals surface area contributed by atoms with E-state index in [1.165, 1.54) is 6.07 Å². The fourth-order valence-electron chi connectivity index (χ4n) is 2.75. The Morgan fingerprint density at radius 2 is 1.82 bits per heavy atom. The fraction of sp³-hybridized carbons (Fsp3) is 0.294. The quantitative estimate of drug-likeness (QED) is 0.853. The molecule has 0 aliphatic carbocycles. The fourth-order valence-corrected chi connectivity index (χ4v) is 2.75. The molecule has 3 rings (SSSR count). The van der Waals surface area contributed by atoms with E-state index in [-0.39, 0.29) is 17.4 Å². The van der Waals surface area contributed by atoms with Crippen molar-refractivity contribution in [3.05, 3.63) is 41.5 Å². The predicted octanol–water partition coefficient (Wildman–Crippen LogP) is 2.83. The molecule has 2 N–H and O–H groups in total. The molecule has 1 aliphatic heterocycles. The molecule has 0 radical (unpaired) electrons. The van der Waals surface area contributed by atoms with Crippen LogP contribution < -0.4 is 14.2 Å². The van der Waals surface area contributed by atoms with E-state index in [4.69, 9.17) is 14.2 Å². The predicted molar refractivity (Wildman–Crippen MR) is 81.3 cm³/mol. The molecule has 0 saturated carbocycles. The van der Waals surface area contributed by atoms with Crippen LogP contribution >= 0.6 is 0 Å². The average Bonchev–Trinajstić information content (AvgIpc) is 2.57. The van der Waals surface area contributed by atoms with Crippen LogP contribution in [0.2, 0.25) is 0 Å². The highest BCUT2D eigenvalue weighted by Crippen LogP contribution is 2.43. The zero-order valence-corrected chi connectivity index (χ0v) is 12.5. The van der Waals surface area contributed by atoms with Crippen LogP contribution in [-0.2, 0) is 6.42 Å². The summed E-state index contributed by atoms with van der Waals surface area (Å²) in [7, 11) is 3.21. The number of aromatic hydroxyl groups is 2. The summed E-state index contributed by atoms with van der Waals surface area (Å²) in [5.41, 5.74) is 1.96. The Labute approximate surface area is 128 Å². The largest absolute Gasteiger partial charge is 0.504 e. The van der Waals surface area contributed by atoms with E-state index in [1.807, 2.05) is 18.2 Å². The third kappa shape index (κ3) is 2.39. The van der Waals surface area contributed by atoms with Gasteiger partial charge in [0.15, 0.2) is 23.0 Å². The Balaban J connectivity index is 1.90. The highest BCUT2D eigenvalue weighted by Gasteiger charge is 2.25. The van der Waals surface area contributed by atoms with Crippen LogP contribution in [0.15, 0.2) is 30.3 Å². The highest BCUT2D eigenvalue weighted by atomic mass is 16.5. The van der Waals surface area contributed by atoms with Gasteiger partial charge in [-0.25, -0.2) is 0 Å². The lowest BCUT2D eigenvalue weighted by atomic mass is 9.90. The van der Waals surface area contributed by atoms with E-state index < -0.39 is 0 Å². The number of methoxy groups -OCH3 is 2. The first-order valence-electron chi connectivity index (χ1n) is 7.02. The van der Waals surface area contributed by atoms with E-state index in [9.17, 15) is 10.2 Å². The maximum absolute atomic E-state index is 9.84. The van der Waals surface area contributed by atoms with Crippen molar-refractivity contribution in [2.75, 3.05) is 20.8 Å². The summed E-state index contributed by atoms with van der Waals surface area (Å²) in [4.78, 5) is 0. The first-order valence-corrected chi connectivity index (χ1v) is 7.02. The van der Waals surface area contributed by atoms with E-state index in [0.29, 0.717) is 23.9 Å². The summed E-state index contributed by atoms with van der Waals surface area (Å²) < 4.78 is 16.2. The Hall–Kier alpha value is -2.56. The van der Waals surface area contributed by atoms with Gasteiger partial charge in [-0.2, -0.15) is 0 Å². The van der Waals surface area contributed by atoms with E-state index >= 15 is 0 Å². The van der Waals surface area contributed by atoms with E-state index in [1.54, 1.807) is 20.3 Å². The zero-order valence-electron chi connectivity index (χ0n) is 12.5. The monoisotopic (exact) mass is 302 g/mol. The first kappa shape index (κ1) is 14.4. The van der Waals surface area contributed by atoms with Crippen LogP contribution in [0, 0.1) is 0 Å². The first-order chi connectivity index (χ1) is 10.6. The van der Waals surface area contributed by atoms with Crippen LogP contribution in [0.1, 0.15) is 17.0 Å². The van der Waals surface area contributed by atoms with Crippen molar-refractivity contribution in [2.24, 2.45) is 0 Å². The molecule has 0 amide bonds. The van der Waals surface area contributed by atoms with Gasteiger partial charge >= 0.3 is 0 Å². The number of rotatable bonds is 3. The molecule has 0 spiro atoms. The van der Waals surface area contributed by atoms with Gasteiger partial charge in [-0.15, -0.1) is 0 Å². The van der Waals surface area contributed by atoms with Gasteiger partial charge in [0.05, 0.1) is 20.8 Å². The number of hydrogen-bond acceptors (Lipinski definition) is 5. The summed E-state index contributed by atoms with van der Waals surface area (Å²) in [6.45, 7) is 0.430. The number of benzene rings is 2. The van der Waals surface area contributed by atoms with Crippen molar-refractivity contribution in [3.63, 3.8) is 0 Å². The van der Waals surface area contributed by atoms with Crippen molar-refractivity contribution in [1.29, 1.82) is 0 Å². The second kappa shape index (κ2) is 5.67. The summed E-state index contributed by atoms with van der Waals surface area (Å²) in [5.74, 6) is 1.53. The lowest BCUT2D eigenvalue weighted by Gasteiger charge is -2.26. The molecule has 116 valence electrons. The van der Waals surface area contributed by atoms with Crippen molar-refractivity contribution in [3.8, 4) is 28.7 Å². The van der Waals surface area contributed by atoms with Gasteiger partial charge in [0.2, 0.25) is 5.75 Å². The van der Waals surface area contributed by atoms with Crippen molar-refractivity contribution in [1.82, 2.24) is 0 Å². The normalized spacial score (nSPS) is 16.5. The molecule has 2 aromatic carbocycles. The molecule has 0 aromatic heterocycles. The highest BCUT2D eigenvalue weighted by molar-refractivity contribution is 5.55. The van der Waals surface area contributed by atoms with Gasteiger partial charge in [0.1, 0.15) is 0 Å². The lowest BCUT2D eigenvalue weighted by Crippen LogP contribution is -2.19. The maximum Gasteiger partial charge on any atom is 0.200 e. The number of phenolic OH excluding ortho intramolecular Hbond substituents is 2. The molecule has 0 fully saturated rings. The number of ether oxygens (including phenoxy) is 3. The Morgan fingerprint density at radius 1 is 1.05 bits per heavy atom. The Kier molecular flexibility index (Phi) is 3.71. The summed E-state index contributed by atoms with van der Waals surface area (Å²) in [6, 6.07) is 9.06. The minimum absolute atomic E-state index is 0.149. The van der Waals surface area contributed by atoms with E-state index in [0.717, 1.165) is 17.5 Å². The van der Waals surface area contributed by atoms with Crippen molar-refractivity contribution in [2.45, 2.75) is 12.3 Å². The average molecular weight is 302 g/mol. The second-order valence-corrected chi connectivity index (χ2v) is 5.25. The molecule has 0 saturated heterocycles. The maximum atomic E-state index is 9.84. The van der Waals surface area contributed by atoms with Crippen LogP contribution in [0.5, 0.6) is 28.7 Å². The number of phenols is 2. The van der Waals surface area contributed by atoms with Crippen molar-refractivity contribution < 1.29 is 24.4 Å². The molecule has 5 nitrogen and oxygen atoms in total. The Bertz CT molecular complexity index is 696. The van der Waals surface area contributed by atoms with Crippen molar-refractivity contribution >= 4 is 0 Å². The van der Waals surface area contributed by atoms with Gasteiger partial charge in [-0.1, -0.05) is 12.1 Å². The Morgan fingerprint density at radius 3 is 2.55 bits per heavy atom. The molecule has 2 aromatic rings. The van der Waals surface area contributed by atoms with Gasteiger partial charge < -0.3 is 24.4 Å². The number of hydrogen-bond donors (Lipinski definition) is 2. The third-order valence-electron chi connectivity index (χ3n) is 3.97. The van der Waals surface area contributed by atoms with Crippen LogP contribution in [-0.4, -0.2) is 31.0 Å². The van der Waals surface area contributed by atoms with Gasteiger partial charge in [0, 0.05) is 5.92 Å². The molecular weight excluding hydrogens is 284 g/mol. The van der Waals surface area contributed by atoms with Gasteiger partial charge in [-0.05, 0) is 35.7 Å². The van der Waals surface area contributed by atoms with Gasteiger partial charge in [-0.3, -0.25) is 0 Å². The topological polar surface area (TPSA) is 68.2 Å². The van der Waals surface area contributed by atoms with E-state index in [2.05, 4.69) is 0 Å². The lowest BCUT2D eigenvalue weighted by molar-refractivity contribution is 0.246. The standard InChI is InChI=1S/C17H18O5/c1-20-14-6-4-10(8-15(14)21-2)12-7-11-3-5-13(18)16(19)17(11)22-9-12/h3-6,8,12,18-19H,7,9H2,1-2H3/t12-/m1/s1. The SMILES string of the molecule is COc1ccc([C@H]2COc3c(ccc(O)c3O)C2)cc1OC. The van der Waals surface area contributed by atoms with Crippen LogP contribution in [0.4, 0.5) is 0 Å². The number of fused-ring (bicyclic) bond motifs is 1. The second-order valence-electron chi connectivity index (χ2n) is 5.25. The van der Waals surface area contributed by atoms with Gasteiger partial charge in [0.25, 0.3) is 0 Å². The molecular formula is C17H18O5. The summed E-state index contributed by atoms with van der Waals surface area (Å²) in [6.07, 6.45) is 0.721. The molecule has 0 bridgehead atoms. The summed E-state index contributed by atoms with van der Waals surface area (Å²) >= 11 is 0. The third-order valence-corrected chi connectivity index (χ3v) is 3.97. The molecule has 0 unspecified atom stereocenters. The molecule has 5 heteroatoms. The molecule has 1 heterocycles. The molecule has 1 atom stereocenters. The minimum atomic E-state index is -0.191. The smallest absolute Gasteiger partial charge is 0.200 e. The minimum Gasteiger partial charge on any atom is -0.504 e. The molecule has 22 heavy (non-hydrogen) atoms. The summed E-state index contributed by atoms with van der Waals surface area (Å²) in [5, 5.41) is 19.4. The van der Waals surface area contributed by atoms with Crippen LogP contribution in [0.3, 0.4) is 0 Å². The zero-order chi connectivity index (χ0) is 15.7. The molecule has 1 aliphatic rings.